The zero-order valence-corrected chi connectivity index (χ0v) is 9.08. The summed E-state index contributed by atoms with van der Waals surface area (Å²) >= 11 is 3.49. The van der Waals surface area contributed by atoms with Crippen LogP contribution in [0.15, 0.2) is 34.9 Å². The minimum atomic E-state index is 0.493. The molecule has 14 heavy (non-hydrogen) atoms. The van der Waals surface area contributed by atoms with E-state index in [1.54, 1.807) is 6.20 Å². The Morgan fingerprint density at radius 3 is 2.86 bits per heavy atom. The molecular formula is C10H10BrN3. The van der Waals surface area contributed by atoms with Crippen molar-refractivity contribution >= 4 is 15.9 Å². The number of H-pyrrole nitrogens is 1. The Kier molecular flexibility index (Phi) is 2.65. The molecule has 3 nitrogen and oxygen atoms in total. The number of hydrogen-bond donors (Lipinski definition) is 2. The number of hydrogen-bond acceptors (Lipinski definition) is 2. The molecule has 0 saturated carbocycles. The third-order valence-corrected chi connectivity index (χ3v) is 2.77. The fourth-order valence-electron chi connectivity index (χ4n) is 1.36. The van der Waals surface area contributed by atoms with Crippen LogP contribution < -0.4 is 5.73 Å². The molecule has 0 fully saturated rings. The van der Waals surface area contributed by atoms with Gasteiger partial charge in [-0.05, 0) is 6.07 Å². The standard InChI is InChI=1S/C10H10BrN3/c11-9-4-2-1-3-8(9)10-7(5-12)6-13-14-10/h1-4,6H,5,12H2,(H,13,14). The maximum Gasteiger partial charge on any atom is 0.0706 e. The van der Waals surface area contributed by atoms with Gasteiger partial charge in [0.25, 0.3) is 0 Å². The van der Waals surface area contributed by atoms with Crippen molar-refractivity contribution in [2.24, 2.45) is 5.73 Å². The van der Waals surface area contributed by atoms with Gasteiger partial charge in [-0.1, -0.05) is 34.1 Å². The Hall–Kier alpha value is -1.13. The molecule has 72 valence electrons. The predicted molar refractivity (Wildman–Crippen MR) is 59.6 cm³/mol. The van der Waals surface area contributed by atoms with Gasteiger partial charge in [-0.25, -0.2) is 0 Å². The lowest BCUT2D eigenvalue weighted by Crippen LogP contribution is -1.96. The first-order valence-corrected chi connectivity index (χ1v) is 5.09. The van der Waals surface area contributed by atoms with Crippen LogP contribution >= 0.6 is 15.9 Å². The molecule has 0 spiro atoms. The van der Waals surface area contributed by atoms with Crippen molar-refractivity contribution in [3.05, 3.63) is 40.5 Å². The van der Waals surface area contributed by atoms with Crippen molar-refractivity contribution < 1.29 is 0 Å². The third kappa shape index (κ3) is 1.58. The van der Waals surface area contributed by atoms with Crippen LogP contribution in [0.3, 0.4) is 0 Å². The molecule has 1 aromatic carbocycles. The summed E-state index contributed by atoms with van der Waals surface area (Å²) in [6.45, 7) is 0.493. The van der Waals surface area contributed by atoms with Crippen molar-refractivity contribution in [2.75, 3.05) is 0 Å². The van der Waals surface area contributed by atoms with E-state index in [0.29, 0.717) is 6.54 Å². The summed E-state index contributed by atoms with van der Waals surface area (Å²) in [5, 5.41) is 6.94. The summed E-state index contributed by atoms with van der Waals surface area (Å²) in [5.41, 5.74) is 8.71. The highest BCUT2D eigenvalue weighted by atomic mass is 79.9. The van der Waals surface area contributed by atoms with E-state index in [9.17, 15) is 0 Å². The van der Waals surface area contributed by atoms with E-state index in [4.69, 9.17) is 5.73 Å². The Balaban J connectivity index is 2.54. The van der Waals surface area contributed by atoms with E-state index >= 15 is 0 Å². The molecule has 0 amide bonds. The summed E-state index contributed by atoms with van der Waals surface area (Å²) < 4.78 is 1.04. The fourth-order valence-corrected chi connectivity index (χ4v) is 1.85. The number of nitrogens with one attached hydrogen (secondary N) is 1. The van der Waals surface area contributed by atoms with Crippen molar-refractivity contribution in [3.63, 3.8) is 0 Å². The number of aromatic amines is 1. The first kappa shape index (κ1) is 9.43. The summed E-state index contributed by atoms with van der Waals surface area (Å²) in [6.07, 6.45) is 1.76. The zero-order valence-electron chi connectivity index (χ0n) is 7.50. The first-order valence-electron chi connectivity index (χ1n) is 4.30. The maximum atomic E-state index is 5.61. The van der Waals surface area contributed by atoms with Crippen LogP contribution in [0.4, 0.5) is 0 Å². The average Bonchev–Trinajstić information content (AvgIpc) is 2.66. The summed E-state index contributed by atoms with van der Waals surface area (Å²) in [4.78, 5) is 0. The van der Waals surface area contributed by atoms with Crippen LogP contribution in [0.2, 0.25) is 0 Å². The van der Waals surface area contributed by atoms with E-state index in [0.717, 1.165) is 21.3 Å². The molecular weight excluding hydrogens is 242 g/mol. The molecule has 1 aromatic heterocycles. The second-order valence-electron chi connectivity index (χ2n) is 2.95. The van der Waals surface area contributed by atoms with Crippen LogP contribution in [-0.4, -0.2) is 10.2 Å². The molecule has 4 heteroatoms. The minimum Gasteiger partial charge on any atom is -0.326 e. The fraction of sp³-hybridized carbons (Fsp3) is 0.100. The van der Waals surface area contributed by atoms with Gasteiger partial charge in [0, 0.05) is 22.1 Å². The number of halogens is 1. The van der Waals surface area contributed by atoms with Gasteiger partial charge in [0.1, 0.15) is 0 Å². The van der Waals surface area contributed by atoms with Gasteiger partial charge in [0.2, 0.25) is 0 Å². The van der Waals surface area contributed by atoms with Crippen molar-refractivity contribution in [3.8, 4) is 11.3 Å². The smallest absolute Gasteiger partial charge is 0.0706 e. The predicted octanol–water partition coefficient (Wildman–Crippen LogP) is 2.30. The number of benzene rings is 1. The Morgan fingerprint density at radius 1 is 1.36 bits per heavy atom. The van der Waals surface area contributed by atoms with Gasteiger partial charge in [-0.15, -0.1) is 0 Å². The van der Waals surface area contributed by atoms with Gasteiger partial charge in [-0.3, -0.25) is 5.10 Å². The van der Waals surface area contributed by atoms with Crippen LogP contribution in [0.5, 0.6) is 0 Å². The van der Waals surface area contributed by atoms with Gasteiger partial charge < -0.3 is 5.73 Å². The molecule has 0 bridgehead atoms. The van der Waals surface area contributed by atoms with E-state index in [1.807, 2.05) is 24.3 Å². The second-order valence-corrected chi connectivity index (χ2v) is 3.81. The average molecular weight is 252 g/mol. The van der Waals surface area contributed by atoms with Crippen LogP contribution in [0.25, 0.3) is 11.3 Å². The van der Waals surface area contributed by atoms with Gasteiger partial charge in [0.05, 0.1) is 11.9 Å². The topological polar surface area (TPSA) is 54.7 Å². The SMILES string of the molecule is NCc1cn[nH]c1-c1ccccc1Br. The number of nitrogens with zero attached hydrogens (tertiary/aromatic N) is 1. The summed E-state index contributed by atoms with van der Waals surface area (Å²) in [6, 6.07) is 7.99. The van der Waals surface area contributed by atoms with Crippen LogP contribution in [-0.2, 0) is 6.54 Å². The highest BCUT2D eigenvalue weighted by Crippen LogP contribution is 2.28. The number of nitrogens with two attached hydrogens (primary N) is 1. The third-order valence-electron chi connectivity index (χ3n) is 2.08. The Bertz CT molecular complexity index is 436. The summed E-state index contributed by atoms with van der Waals surface area (Å²) in [5.74, 6) is 0. The molecule has 0 saturated heterocycles. The number of rotatable bonds is 2. The molecule has 0 unspecified atom stereocenters. The largest absolute Gasteiger partial charge is 0.326 e. The molecule has 0 aliphatic heterocycles. The highest BCUT2D eigenvalue weighted by molar-refractivity contribution is 9.10. The quantitative estimate of drug-likeness (QED) is 0.861. The molecule has 2 rings (SSSR count). The molecule has 0 atom stereocenters. The first-order chi connectivity index (χ1) is 6.83. The Labute approximate surface area is 90.5 Å². The molecule has 1 heterocycles. The minimum absolute atomic E-state index is 0.493. The lowest BCUT2D eigenvalue weighted by atomic mass is 10.1. The molecule has 3 N–H and O–H groups in total. The van der Waals surface area contributed by atoms with Crippen molar-refractivity contribution in [1.29, 1.82) is 0 Å². The Morgan fingerprint density at radius 2 is 2.14 bits per heavy atom. The van der Waals surface area contributed by atoms with Gasteiger partial charge in [-0.2, -0.15) is 5.10 Å². The van der Waals surface area contributed by atoms with Gasteiger partial charge >= 0.3 is 0 Å². The van der Waals surface area contributed by atoms with Gasteiger partial charge in [0.15, 0.2) is 0 Å². The second kappa shape index (κ2) is 3.94. The zero-order chi connectivity index (χ0) is 9.97. The highest BCUT2D eigenvalue weighted by Gasteiger charge is 2.08. The number of aromatic nitrogens is 2. The lowest BCUT2D eigenvalue weighted by molar-refractivity contribution is 1.08. The molecule has 2 aromatic rings. The van der Waals surface area contributed by atoms with E-state index in [1.165, 1.54) is 0 Å². The molecule has 0 aliphatic carbocycles. The van der Waals surface area contributed by atoms with E-state index < -0.39 is 0 Å². The van der Waals surface area contributed by atoms with Crippen molar-refractivity contribution in [2.45, 2.75) is 6.54 Å². The van der Waals surface area contributed by atoms with Crippen molar-refractivity contribution in [1.82, 2.24) is 10.2 Å². The van der Waals surface area contributed by atoms with E-state index in [-0.39, 0.29) is 0 Å². The normalized spacial score (nSPS) is 10.4. The molecule has 0 aliphatic rings. The lowest BCUT2D eigenvalue weighted by Gasteiger charge is -2.03. The van der Waals surface area contributed by atoms with Crippen LogP contribution in [0, 0.1) is 0 Å². The maximum absolute atomic E-state index is 5.61. The van der Waals surface area contributed by atoms with E-state index in [2.05, 4.69) is 26.1 Å². The van der Waals surface area contributed by atoms with Crippen LogP contribution in [0.1, 0.15) is 5.56 Å². The monoisotopic (exact) mass is 251 g/mol. The molecule has 0 radical (unpaired) electrons. The summed E-state index contributed by atoms with van der Waals surface area (Å²) in [7, 11) is 0.